The van der Waals surface area contributed by atoms with E-state index in [2.05, 4.69) is 11.8 Å². The third-order valence-corrected chi connectivity index (χ3v) is 5.45. The zero-order chi connectivity index (χ0) is 19.5. The molecule has 0 aromatic carbocycles. The Hall–Kier alpha value is -0.280. The molecule has 3 nitrogen and oxygen atoms in total. The fourth-order valence-corrected chi connectivity index (χ4v) is 3.11. The minimum Gasteiger partial charge on any atom is -0.464 e. The van der Waals surface area contributed by atoms with Crippen LogP contribution in [0.5, 0.6) is 0 Å². The highest BCUT2D eigenvalue weighted by Gasteiger charge is 2.27. The summed E-state index contributed by atoms with van der Waals surface area (Å²) in [5.74, 6) is -0.284. The van der Waals surface area contributed by atoms with Crippen LogP contribution in [0, 0.1) is 0 Å². The minimum absolute atomic E-state index is 0.284. The first kappa shape index (κ1) is 25.7. The van der Waals surface area contributed by atoms with Gasteiger partial charge in [-0.3, -0.25) is 4.79 Å². The standard InChI is InChI=1S/C22H44ClNO2/c1-4-5-6-7-8-9-10-11-12-13-14-15-16-17-18-19-20-26-21(25)22(2,3)24-23/h24H,4-20H2,1-3H3. The van der Waals surface area contributed by atoms with Gasteiger partial charge in [-0.15, -0.1) is 0 Å². The Balaban J connectivity index is 3.17. The first-order chi connectivity index (χ1) is 12.5. The Labute approximate surface area is 168 Å². The van der Waals surface area contributed by atoms with Gasteiger partial charge >= 0.3 is 5.97 Å². The smallest absolute Gasteiger partial charge is 0.326 e. The first-order valence-electron chi connectivity index (χ1n) is 11.1. The predicted octanol–water partition coefficient (Wildman–Crippen LogP) is 7.31. The summed E-state index contributed by atoms with van der Waals surface area (Å²) in [6, 6.07) is 0. The van der Waals surface area contributed by atoms with Crippen molar-refractivity contribution in [3.8, 4) is 0 Å². The summed E-state index contributed by atoms with van der Waals surface area (Å²) in [6.07, 6.45) is 21.5. The number of ether oxygens (including phenoxy) is 1. The molecular formula is C22H44ClNO2. The topological polar surface area (TPSA) is 38.3 Å². The van der Waals surface area contributed by atoms with Gasteiger partial charge < -0.3 is 4.74 Å². The van der Waals surface area contributed by atoms with Gasteiger partial charge in [0.1, 0.15) is 5.54 Å². The zero-order valence-corrected chi connectivity index (χ0v) is 18.5. The van der Waals surface area contributed by atoms with Gasteiger partial charge in [0.15, 0.2) is 0 Å². The lowest BCUT2D eigenvalue weighted by atomic mass is 10.0. The molecule has 0 fully saturated rings. The number of carbonyl (C=O) groups is 1. The Kier molecular flexibility index (Phi) is 17.9. The van der Waals surface area contributed by atoms with Crippen molar-refractivity contribution in [3.63, 3.8) is 0 Å². The van der Waals surface area contributed by atoms with Crippen molar-refractivity contribution in [3.05, 3.63) is 0 Å². The van der Waals surface area contributed by atoms with Gasteiger partial charge in [0, 0.05) is 0 Å². The lowest BCUT2D eigenvalue weighted by Crippen LogP contribution is -2.43. The molecule has 4 heteroatoms. The molecule has 0 amide bonds. The summed E-state index contributed by atoms with van der Waals surface area (Å²) in [5, 5.41) is 0. The van der Waals surface area contributed by atoms with Crippen LogP contribution in [-0.4, -0.2) is 18.1 Å². The van der Waals surface area contributed by atoms with Crippen LogP contribution < -0.4 is 4.84 Å². The highest BCUT2D eigenvalue weighted by molar-refractivity contribution is 6.15. The summed E-state index contributed by atoms with van der Waals surface area (Å²) in [6.45, 7) is 6.21. The summed E-state index contributed by atoms with van der Waals surface area (Å²) in [5.41, 5.74) is -0.809. The molecule has 0 rings (SSSR count). The van der Waals surface area contributed by atoms with Crippen LogP contribution in [0.1, 0.15) is 124 Å². The molecule has 0 atom stereocenters. The zero-order valence-electron chi connectivity index (χ0n) is 17.7. The maximum Gasteiger partial charge on any atom is 0.326 e. The molecule has 0 saturated carbocycles. The summed E-state index contributed by atoms with van der Waals surface area (Å²) in [7, 11) is 0. The fraction of sp³-hybridized carbons (Fsp3) is 0.955. The molecule has 0 aliphatic carbocycles. The highest BCUT2D eigenvalue weighted by atomic mass is 35.5. The average molecular weight is 390 g/mol. The van der Waals surface area contributed by atoms with Crippen LogP contribution in [0.3, 0.4) is 0 Å². The van der Waals surface area contributed by atoms with Gasteiger partial charge in [-0.25, -0.2) is 4.84 Å². The SMILES string of the molecule is CCCCCCCCCCCCCCCCCCOC(=O)C(C)(C)NCl. The Morgan fingerprint density at radius 1 is 0.731 bits per heavy atom. The van der Waals surface area contributed by atoms with E-state index in [1.165, 1.54) is 89.9 Å². The third kappa shape index (κ3) is 15.9. The van der Waals surface area contributed by atoms with Gasteiger partial charge in [-0.2, -0.15) is 0 Å². The number of halogens is 1. The lowest BCUT2D eigenvalue weighted by Gasteiger charge is -2.19. The van der Waals surface area contributed by atoms with E-state index >= 15 is 0 Å². The van der Waals surface area contributed by atoms with Gasteiger partial charge in [-0.1, -0.05) is 103 Å². The van der Waals surface area contributed by atoms with Gasteiger partial charge in [0.05, 0.1) is 6.61 Å². The molecule has 0 spiro atoms. The molecule has 0 aromatic heterocycles. The molecule has 0 aliphatic rings. The molecule has 0 aliphatic heterocycles. The molecule has 0 heterocycles. The van der Waals surface area contributed by atoms with E-state index in [4.69, 9.17) is 16.5 Å². The predicted molar refractivity (Wildman–Crippen MR) is 114 cm³/mol. The molecule has 0 saturated heterocycles. The Bertz CT molecular complexity index is 321. The third-order valence-electron chi connectivity index (χ3n) is 4.98. The maximum atomic E-state index is 11.7. The van der Waals surface area contributed by atoms with E-state index in [9.17, 15) is 4.79 Å². The van der Waals surface area contributed by atoms with Gasteiger partial charge in [0.2, 0.25) is 0 Å². The number of hydrogen-bond acceptors (Lipinski definition) is 3. The van der Waals surface area contributed by atoms with Crippen molar-refractivity contribution in [2.75, 3.05) is 6.61 Å². The van der Waals surface area contributed by atoms with E-state index in [-0.39, 0.29) is 5.97 Å². The quantitative estimate of drug-likeness (QED) is 0.143. The van der Waals surface area contributed by atoms with Gasteiger partial charge in [0.25, 0.3) is 0 Å². The molecule has 0 radical (unpaired) electrons. The summed E-state index contributed by atoms with van der Waals surface area (Å²) >= 11 is 5.52. The number of nitrogens with one attached hydrogen (secondary N) is 1. The van der Waals surface area contributed by atoms with Crippen molar-refractivity contribution >= 4 is 17.7 Å². The number of unbranched alkanes of at least 4 members (excludes halogenated alkanes) is 15. The second-order valence-corrected chi connectivity index (χ2v) is 8.35. The summed E-state index contributed by atoms with van der Waals surface area (Å²) < 4.78 is 5.23. The molecule has 0 aromatic rings. The molecule has 0 unspecified atom stereocenters. The largest absolute Gasteiger partial charge is 0.464 e. The van der Waals surface area contributed by atoms with Crippen LogP contribution in [0.15, 0.2) is 0 Å². The number of hydrogen-bond donors (Lipinski definition) is 1. The number of carbonyl (C=O) groups excluding carboxylic acids is 1. The molecular weight excluding hydrogens is 346 g/mol. The lowest BCUT2D eigenvalue weighted by molar-refractivity contribution is -0.149. The van der Waals surface area contributed by atoms with E-state index < -0.39 is 5.54 Å². The van der Waals surface area contributed by atoms with Crippen LogP contribution in [0.25, 0.3) is 0 Å². The van der Waals surface area contributed by atoms with Crippen molar-refractivity contribution in [2.24, 2.45) is 0 Å². The fourth-order valence-electron chi connectivity index (χ4n) is 3.03. The Morgan fingerprint density at radius 3 is 1.42 bits per heavy atom. The van der Waals surface area contributed by atoms with Crippen molar-refractivity contribution < 1.29 is 9.53 Å². The van der Waals surface area contributed by atoms with E-state index in [0.29, 0.717) is 6.61 Å². The molecule has 156 valence electrons. The normalized spacial score (nSPS) is 11.7. The van der Waals surface area contributed by atoms with E-state index in [1.807, 2.05) is 0 Å². The van der Waals surface area contributed by atoms with Crippen LogP contribution in [0.2, 0.25) is 0 Å². The Morgan fingerprint density at radius 2 is 1.08 bits per heavy atom. The second-order valence-electron chi connectivity index (χ2n) is 8.16. The van der Waals surface area contributed by atoms with E-state index in [1.54, 1.807) is 13.8 Å². The van der Waals surface area contributed by atoms with Crippen molar-refractivity contribution in [1.82, 2.24) is 4.84 Å². The van der Waals surface area contributed by atoms with E-state index in [0.717, 1.165) is 12.8 Å². The first-order valence-corrected chi connectivity index (χ1v) is 11.5. The van der Waals surface area contributed by atoms with Crippen molar-refractivity contribution in [1.29, 1.82) is 0 Å². The van der Waals surface area contributed by atoms with Gasteiger partial charge in [-0.05, 0) is 32.0 Å². The van der Waals surface area contributed by atoms with Crippen LogP contribution in [0.4, 0.5) is 0 Å². The minimum atomic E-state index is -0.809. The number of esters is 1. The molecule has 1 N–H and O–H groups in total. The van der Waals surface area contributed by atoms with Crippen LogP contribution >= 0.6 is 11.8 Å². The number of rotatable bonds is 19. The monoisotopic (exact) mass is 389 g/mol. The average Bonchev–Trinajstić information content (AvgIpc) is 2.64. The van der Waals surface area contributed by atoms with Crippen LogP contribution in [-0.2, 0) is 9.53 Å². The highest BCUT2D eigenvalue weighted by Crippen LogP contribution is 2.14. The second kappa shape index (κ2) is 18.1. The van der Waals surface area contributed by atoms with Crippen molar-refractivity contribution in [2.45, 2.75) is 129 Å². The maximum absolute atomic E-state index is 11.7. The molecule has 0 bridgehead atoms. The summed E-state index contributed by atoms with van der Waals surface area (Å²) in [4.78, 5) is 14.1. The molecule has 26 heavy (non-hydrogen) atoms.